The molecule has 0 heterocycles. The molecule has 0 aromatic heterocycles. The second-order valence-electron chi connectivity index (χ2n) is 4.16. The lowest BCUT2D eigenvalue weighted by atomic mass is 9.82. The zero-order valence-electron chi connectivity index (χ0n) is 9.61. The van der Waals surface area contributed by atoms with Crippen molar-refractivity contribution in [2.45, 2.75) is 0 Å². The number of hydrogen-bond donors (Lipinski definition) is 0. The summed E-state index contributed by atoms with van der Waals surface area (Å²) in [4.78, 5) is 24.8. The summed E-state index contributed by atoms with van der Waals surface area (Å²) in [6, 6.07) is 11.4. The zero-order chi connectivity index (χ0) is 13.6. The van der Waals surface area contributed by atoms with Crippen molar-refractivity contribution in [3.8, 4) is 6.07 Å². The summed E-state index contributed by atoms with van der Waals surface area (Å²) in [5.41, 5.74) is 1.06. The second kappa shape index (κ2) is 4.04. The van der Waals surface area contributed by atoms with Gasteiger partial charge < -0.3 is 0 Å². The fourth-order valence-corrected chi connectivity index (χ4v) is 2.52. The third-order valence-electron chi connectivity index (χ3n) is 3.15. The third-order valence-corrected chi connectivity index (χ3v) is 3.46. The van der Waals surface area contributed by atoms with Gasteiger partial charge >= 0.3 is 0 Å². The standard InChI is InChI=1S/C15H6ClNO2/c16-11-6-5-8(7-17)12-13(11)15(19)10-4-2-1-3-9(10)14(12)18/h1-6H. The summed E-state index contributed by atoms with van der Waals surface area (Å²) < 4.78 is 0. The second-order valence-corrected chi connectivity index (χ2v) is 4.57. The Balaban J connectivity index is 2.43. The Morgan fingerprint density at radius 3 is 2.05 bits per heavy atom. The Morgan fingerprint density at radius 1 is 0.895 bits per heavy atom. The van der Waals surface area contributed by atoms with Crippen LogP contribution in [-0.4, -0.2) is 11.6 Å². The number of carbonyl (C=O) groups excluding carboxylic acids is 2. The van der Waals surface area contributed by atoms with Gasteiger partial charge in [0, 0.05) is 11.1 Å². The first kappa shape index (κ1) is 11.6. The van der Waals surface area contributed by atoms with Crippen molar-refractivity contribution in [2.24, 2.45) is 0 Å². The Hall–Kier alpha value is -2.44. The van der Waals surface area contributed by atoms with Crippen molar-refractivity contribution in [2.75, 3.05) is 0 Å². The average molecular weight is 268 g/mol. The molecule has 0 aliphatic heterocycles. The molecule has 0 fully saturated rings. The molecule has 3 nitrogen and oxygen atoms in total. The summed E-state index contributed by atoms with van der Waals surface area (Å²) in [6.07, 6.45) is 0. The number of ketones is 2. The van der Waals surface area contributed by atoms with E-state index in [9.17, 15) is 9.59 Å². The van der Waals surface area contributed by atoms with E-state index in [0.717, 1.165) is 0 Å². The van der Waals surface area contributed by atoms with Gasteiger partial charge in [0.05, 0.1) is 27.8 Å². The van der Waals surface area contributed by atoms with Crippen LogP contribution in [0.3, 0.4) is 0 Å². The molecule has 0 bridgehead atoms. The maximum atomic E-state index is 12.4. The summed E-state index contributed by atoms with van der Waals surface area (Å²) in [7, 11) is 0. The van der Waals surface area contributed by atoms with Crippen LogP contribution < -0.4 is 0 Å². The molecule has 0 saturated heterocycles. The van der Waals surface area contributed by atoms with Crippen LogP contribution in [0.15, 0.2) is 36.4 Å². The normalized spacial score (nSPS) is 12.6. The molecule has 0 amide bonds. The van der Waals surface area contributed by atoms with E-state index >= 15 is 0 Å². The van der Waals surface area contributed by atoms with Crippen LogP contribution in [0.2, 0.25) is 5.02 Å². The molecule has 0 unspecified atom stereocenters. The van der Waals surface area contributed by atoms with Gasteiger partial charge in [0.2, 0.25) is 0 Å². The smallest absolute Gasteiger partial charge is 0.196 e. The molecular formula is C15H6ClNO2. The largest absolute Gasteiger partial charge is 0.289 e. The van der Waals surface area contributed by atoms with E-state index in [-0.39, 0.29) is 33.3 Å². The number of hydrogen-bond acceptors (Lipinski definition) is 3. The Kier molecular flexibility index (Phi) is 2.48. The minimum absolute atomic E-state index is 0.110. The van der Waals surface area contributed by atoms with Crippen LogP contribution >= 0.6 is 11.6 Å². The number of rotatable bonds is 0. The van der Waals surface area contributed by atoms with Crippen molar-refractivity contribution in [3.63, 3.8) is 0 Å². The molecular weight excluding hydrogens is 262 g/mol. The van der Waals surface area contributed by atoms with E-state index in [1.54, 1.807) is 24.3 Å². The molecule has 0 spiro atoms. The van der Waals surface area contributed by atoms with E-state index in [2.05, 4.69) is 0 Å². The first-order valence-electron chi connectivity index (χ1n) is 5.56. The van der Waals surface area contributed by atoms with Gasteiger partial charge in [-0.05, 0) is 12.1 Å². The van der Waals surface area contributed by atoms with Crippen LogP contribution in [0.1, 0.15) is 37.4 Å². The van der Waals surface area contributed by atoms with Crippen LogP contribution in [0.4, 0.5) is 0 Å². The molecule has 19 heavy (non-hydrogen) atoms. The van der Waals surface area contributed by atoms with E-state index < -0.39 is 0 Å². The van der Waals surface area contributed by atoms with Gasteiger partial charge in [0.25, 0.3) is 0 Å². The molecule has 4 heteroatoms. The van der Waals surface area contributed by atoms with Crippen molar-refractivity contribution in [3.05, 3.63) is 69.2 Å². The van der Waals surface area contributed by atoms with Gasteiger partial charge in [-0.1, -0.05) is 35.9 Å². The quantitative estimate of drug-likeness (QED) is 0.629. The monoisotopic (exact) mass is 267 g/mol. The lowest BCUT2D eigenvalue weighted by molar-refractivity contribution is 0.0979. The first-order chi connectivity index (χ1) is 9.15. The van der Waals surface area contributed by atoms with Gasteiger partial charge in [-0.3, -0.25) is 9.59 Å². The topological polar surface area (TPSA) is 57.9 Å². The third kappa shape index (κ3) is 1.51. The van der Waals surface area contributed by atoms with Gasteiger partial charge in [-0.2, -0.15) is 5.26 Å². The highest BCUT2D eigenvalue weighted by Crippen LogP contribution is 2.33. The summed E-state index contributed by atoms with van der Waals surface area (Å²) >= 11 is 6.02. The number of halogens is 1. The minimum Gasteiger partial charge on any atom is -0.289 e. The molecule has 2 aromatic rings. The lowest BCUT2D eigenvalue weighted by Gasteiger charge is -2.19. The van der Waals surface area contributed by atoms with Crippen LogP contribution in [0.25, 0.3) is 0 Å². The van der Waals surface area contributed by atoms with Gasteiger partial charge in [0.1, 0.15) is 0 Å². The van der Waals surface area contributed by atoms with E-state index in [0.29, 0.717) is 11.1 Å². The lowest BCUT2D eigenvalue weighted by Crippen LogP contribution is -2.22. The Morgan fingerprint density at radius 2 is 1.47 bits per heavy atom. The highest BCUT2D eigenvalue weighted by molar-refractivity contribution is 6.39. The van der Waals surface area contributed by atoms with Crippen LogP contribution in [-0.2, 0) is 0 Å². The summed E-state index contributed by atoms with van der Waals surface area (Å²) in [6.45, 7) is 0. The van der Waals surface area contributed by atoms with E-state index in [1.165, 1.54) is 12.1 Å². The number of benzene rings is 2. The van der Waals surface area contributed by atoms with Crippen molar-refractivity contribution < 1.29 is 9.59 Å². The predicted molar refractivity (Wildman–Crippen MR) is 69.5 cm³/mol. The van der Waals surface area contributed by atoms with Crippen LogP contribution in [0.5, 0.6) is 0 Å². The van der Waals surface area contributed by atoms with Crippen molar-refractivity contribution in [1.29, 1.82) is 5.26 Å². The Labute approximate surface area is 114 Å². The van der Waals surface area contributed by atoms with Gasteiger partial charge in [-0.25, -0.2) is 0 Å². The Bertz CT molecular complexity index is 787. The van der Waals surface area contributed by atoms with Gasteiger partial charge in [-0.15, -0.1) is 0 Å². The molecule has 0 radical (unpaired) electrons. The summed E-state index contributed by atoms with van der Waals surface area (Å²) in [5, 5.41) is 9.28. The van der Waals surface area contributed by atoms with Crippen molar-refractivity contribution in [1.82, 2.24) is 0 Å². The first-order valence-corrected chi connectivity index (χ1v) is 5.94. The highest BCUT2D eigenvalue weighted by atomic mass is 35.5. The molecule has 1 aliphatic rings. The fraction of sp³-hybridized carbons (Fsp3) is 0. The molecule has 0 atom stereocenters. The number of nitrogens with zero attached hydrogens (tertiary/aromatic N) is 1. The fourth-order valence-electron chi connectivity index (χ4n) is 2.28. The SMILES string of the molecule is N#Cc1ccc(Cl)c2c1C(=O)c1ccccc1C2=O. The average Bonchev–Trinajstić information content (AvgIpc) is 2.44. The van der Waals surface area contributed by atoms with Gasteiger partial charge in [0.15, 0.2) is 11.6 Å². The molecule has 90 valence electrons. The highest BCUT2D eigenvalue weighted by Gasteiger charge is 2.33. The van der Waals surface area contributed by atoms with E-state index in [1.807, 2.05) is 6.07 Å². The zero-order valence-corrected chi connectivity index (χ0v) is 10.4. The van der Waals surface area contributed by atoms with Crippen molar-refractivity contribution >= 4 is 23.2 Å². The summed E-state index contributed by atoms with van der Waals surface area (Å²) in [5.74, 6) is -0.642. The molecule has 0 saturated carbocycles. The molecule has 2 aromatic carbocycles. The molecule has 1 aliphatic carbocycles. The maximum Gasteiger partial charge on any atom is 0.196 e. The molecule has 3 rings (SSSR count). The maximum absolute atomic E-state index is 12.4. The number of carbonyl (C=O) groups is 2. The van der Waals surface area contributed by atoms with Crippen LogP contribution in [0, 0.1) is 11.3 Å². The van der Waals surface area contributed by atoms with E-state index in [4.69, 9.17) is 16.9 Å². The number of nitriles is 1. The minimum atomic E-state index is -0.329. The molecule has 0 N–H and O–H groups in total. The predicted octanol–water partition coefficient (Wildman–Crippen LogP) is 2.99. The number of fused-ring (bicyclic) bond motifs is 2.